The van der Waals surface area contributed by atoms with Gasteiger partial charge in [-0.15, -0.1) is 0 Å². The zero-order valence-corrected chi connectivity index (χ0v) is 15.8. The lowest BCUT2D eigenvalue weighted by Gasteiger charge is -2.15. The Morgan fingerprint density at radius 2 is 1.38 bits per heavy atom. The maximum absolute atomic E-state index is 12.5. The molecular weight excluding hydrogens is 334 g/mol. The Bertz CT molecular complexity index is 760. The van der Waals surface area contributed by atoms with Crippen molar-refractivity contribution in [1.29, 1.82) is 0 Å². The van der Waals surface area contributed by atoms with Crippen molar-refractivity contribution >= 4 is 11.6 Å². The van der Waals surface area contributed by atoms with E-state index in [1.165, 1.54) is 0 Å². The van der Waals surface area contributed by atoms with Crippen LogP contribution in [0.5, 0.6) is 23.0 Å². The summed E-state index contributed by atoms with van der Waals surface area (Å²) in [6.45, 7) is 1.88. The van der Waals surface area contributed by atoms with E-state index in [2.05, 4.69) is 5.32 Å². The van der Waals surface area contributed by atoms with Gasteiger partial charge in [-0.05, 0) is 36.2 Å². The Morgan fingerprint density at radius 3 is 1.96 bits per heavy atom. The summed E-state index contributed by atoms with van der Waals surface area (Å²) in [7, 11) is 6.32. The molecule has 2 aromatic rings. The van der Waals surface area contributed by atoms with Crippen molar-refractivity contribution in [3.8, 4) is 23.0 Å². The first-order valence-electron chi connectivity index (χ1n) is 8.26. The van der Waals surface area contributed by atoms with Crippen LogP contribution in [0.25, 0.3) is 0 Å². The van der Waals surface area contributed by atoms with E-state index in [0.29, 0.717) is 35.1 Å². The predicted octanol–water partition coefficient (Wildman–Crippen LogP) is 3.54. The zero-order valence-electron chi connectivity index (χ0n) is 15.8. The van der Waals surface area contributed by atoms with E-state index < -0.39 is 0 Å². The number of hydrogen-bond acceptors (Lipinski definition) is 5. The quantitative estimate of drug-likeness (QED) is 0.781. The van der Waals surface area contributed by atoms with Gasteiger partial charge in [0, 0.05) is 17.7 Å². The Balaban J connectivity index is 2.06. The molecule has 1 unspecified atom stereocenters. The van der Waals surface area contributed by atoms with E-state index in [1.54, 1.807) is 46.6 Å². The molecule has 0 aliphatic carbocycles. The third-order valence-electron chi connectivity index (χ3n) is 4.09. The van der Waals surface area contributed by atoms with Gasteiger partial charge in [0.15, 0.2) is 23.0 Å². The van der Waals surface area contributed by atoms with Crippen LogP contribution >= 0.6 is 0 Å². The van der Waals surface area contributed by atoms with Gasteiger partial charge in [-0.3, -0.25) is 4.79 Å². The summed E-state index contributed by atoms with van der Waals surface area (Å²) in [5, 5.41) is 2.91. The van der Waals surface area contributed by atoms with Gasteiger partial charge in [0.2, 0.25) is 5.91 Å². The summed E-state index contributed by atoms with van der Waals surface area (Å²) in [5.41, 5.74) is 1.66. The molecule has 0 aliphatic heterocycles. The Kier molecular flexibility index (Phi) is 6.72. The Labute approximate surface area is 154 Å². The lowest BCUT2D eigenvalue weighted by atomic mass is 10.00. The van der Waals surface area contributed by atoms with Crippen LogP contribution in [0.4, 0.5) is 5.69 Å². The average Bonchev–Trinajstić information content (AvgIpc) is 2.67. The van der Waals surface area contributed by atoms with Crippen LogP contribution in [0.1, 0.15) is 12.5 Å². The first kappa shape index (κ1) is 19.4. The number of anilines is 1. The number of rotatable bonds is 8. The second-order valence-electron chi connectivity index (χ2n) is 5.85. The van der Waals surface area contributed by atoms with Crippen molar-refractivity contribution in [1.82, 2.24) is 0 Å². The van der Waals surface area contributed by atoms with E-state index in [4.69, 9.17) is 18.9 Å². The summed E-state index contributed by atoms with van der Waals surface area (Å²) in [4.78, 5) is 12.5. The molecule has 6 nitrogen and oxygen atoms in total. The molecule has 2 rings (SSSR count). The monoisotopic (exact) mass is 359 g/mol. The Morgan fingerprint density at radius 1 is 0.846 bits per heavy atom. The van der Waals surface area contributed by atoms with Gasteiger partial charge in [-0.2, -0.15) is 0 Å². The van der Waals surface area contributed by atoms with Crippen LogP contribution in [0.15, 0.2) is 36.4 Å². The minimum Gasteiger partial charge on any atom is -0.493 e. The van der Waals surface area contributed by atoms with E-state index in [0.717, 1.165) is 5.56 Å². The molecule has 0 radical (unpaired) electrons. The molecule has 6 heteroatoms. The molecule has 26 heavy (non-hydrogen) atoms. The number of methoxy groups -OCH3 is 4. The lowest BCUT2D eigenvalue weighted by molar-refractivity contribution is -0.119. The number of benzene rings is 2. The number of ether oxygens (including phenoxy) is 4. The van der Waals surface area contributed by atoms with Crippen LogP contribution in [0.2, 0.25) is 0 Å². The van der Waals surface area contributed by atoms with Crippen molar-refractivity contribution in [2.24, 2.45) is 5.92 Å². The number of hydrogen-bond donors (Lipinski definition) is 1. The fraction of sp³-hybridized carbons (Fsp3) is 0.350. The second-order valence-corrected chi connectivity index (χ2v) is 5.85. The van der Waals surface area contributed by atoms with E-state index in [9.17, 15) is 4.79 Å². The van der Waals surface area contributed by atoms with Crippen LogP contribution in [-0.4, -0.2) is 34.3 Å². The number of carbonyl (C=O) groups is 1. The summed E-state index contributed by atoms with van der Waals surface area (Å²) in [6.07, 6.45) is 0.583. The van der Waals surface area contributed by atoms with Crippen molar-refractivity contribution in [2.45, 2.75) is 13.3 Å². The van der Waals surface area contributed by atoms with Crippen molar-refractivity contribution in [3.05, 3.63) is 42.0 Å². The zero-order chi connectivity index (χ0) is 19.1. The maximum Gasteiger partial charge on any atom is 0.227 e. The molecule has 1 atom stereocenters. The highest BCUT2D eigenvalue weighted by atomic mass is 16.5. The SMILES string of the molecule is COc1ccc(CC(C)C(=O)Nc2ccc(OC)c(OC)c2)cc1OC. The van der Waals surface area contributed by atoms with Gasteiger partial charge >= 0.3 is 0 Å². The highest BCUT2D eigenvalue weighted by Crippen LogP contribution is 2.31. The van der Waals surface area contributed by atoms with Crippen LogP contribution in [0.3, 0.4) is 0 Å². The number of carbonyl (C=O) groups excluding carboxylic acids is 1. The first-order valence-corrected chi connectivity index (χ1v) is 8.26. The standard InChI is InChI=1S/C20H25NO5/c1-13(10-14-6-8-16(23-2)18(11-14)25-4)20(22)21-15-7-9-17(24-3)19(12-15)26-5/h6-9,11-13H,10H2,1-5H3,(H,21,22). The maximum atomic E-state index is 12.5. The summed E-state index contributed by atoms with van der Waals surface area (Å²) < 4.78 is 21.0. The first-order chi connectivity index (χ1) is 12.5. The van der Waals surface area contributed by atoms with Gasteiger partial charge in [0.25, 0.3) is 0 Å². The van der Waals surface area contributed by atoms with Crippen LogP contribution < -0.4 is 24.3 Å². The third kappa shape index (κ3) is 4.59. The summed E-state index contributed by atoms with van der Waals surface area (Å²) in [6, 6.07) is 10.9. The highest BCUT2D eigenvalue weighted by Gasteiger charge is 2.16. The largest absolute Gasteiger partial charge is 0.493 e. The molecule has 0 aliphatic rings. The Hall–Kier alpha value is -2.89. The molecule has 0 saturated carbocycles. The number of nitrogens with one attached hydrogen (secondary N) is 1. The molecular formula is C20H25NO5. The molecule has 0 saturated heterocycles. The van der Waals surface area contributed by atoms with Gasteiger partial charge < -0.3 is 24.3 Å². The molecule has 1 N–H and O–H groups in total. The average molecular weight is 359 g/mol. The van der Waals surface area contributed by atoms with Crippen molar-refractivity contribution in [3.63, 3.8) is 0 Å². The van der Waals surface area contributed by atoms with E-state index >= 15 is 0 Å². The molecule has 0 aromatic heterocycles. The second kappa shape index (κ2) is 8.99. The van der Waals surface area contributed by atoms with Crippen molar-refractivity contribution < 1.29 is 23.7 Å². The van der Waals surface area contributed by atoms with E-state index in [-0.39, 0.29) is 11.8 Å². The molecule has 2 aromatic carbocycles. The van der Waals surface area contributed by atoms with E-state index in [1.807, 2.05) is 25.1 Å². The molecule has 140 valence electrons. The molecule has 0 heterocycles. The fourth-order valence-corrected chi connectivity index (χ4v) is 2.63. The summed E-state index contributed by atoms with van der Waals surface area (Å²) in [5.74, 6) is 2.20. The number of amides is 1. The van der Waals surface area contributed by atoms with Gasteiger partial charge in [-0.1, -0.05) is 13.0 Å². The normalized spacial score (nSPS) is 11.4. The van der Waals surface area contributed by atoms with Crippen LogP contribution in [-0.2, 0) is 11.2 Å². The van der Waals surface area contributed by atoms with Crippen molar-refractivity contribution in [2.75, 3.05) is 33.8 Å². The molecule has 0 spiro atoms. The highest BCUT2D eigenvalue weighted by molar-refractivity contribution is 5.92. The van der Waals surface area contributed by atoms with Gasteiger partial charge in [0.1, 0.15) is 0 Å². The smallest absolute Gasteiger partial charge is 0.227 e. The minimum atomic E-state index is -0.221. The lowest BCUT2D eigenvalue weighted by Crippen LogP contribution is -2.22. The topological polar surface area (TPSA) is 66.0 Å². The minimum absolute atomic E-state index is 0.0768. The molecule has 0 bridgehead atoms. The fourth-order valence-electron chi connectivity index (χ4n) is 2.63. The third-order valence-corrected chi connectivity index (χ3v) is 4.09. The molecule has 1 amide bonds. The molecule has 0 fully saturated rings. The summed E-state index contributed by atoms with van der Waals surface area (Å²) >= 11 is 0. The van der Waals surface area contributed by atoms with Gasteiger partial charge in [0.05, 0.1) is 28.4 Å². The predicted molar refractivity (Wildman–Crippen MR) is 101 cm³/mol. The van der Waals surface area contributed by atoms with Gasteiger partial charge in [-0.25, -0.2) is 0 Å². The van der Waals surface area contributed by atoms with Crippen LogP contribution in [0, 0.1) is 5.92 Å².